The van der Waals surface area contributed by atoms with Crippen molar-refractivity contribution in [1.29, 1.82) is 0 Å². The first kappa shape index (κ1) is 12.5. The first-order valence-corrected chi connectivity index (χ1v) is 4.49. The molecule has 90 valence electrons. The number of para-hydroxylation sites is 1. The Kier molecular flexibility index (Phi) is 4.04. The Labute approximate surface area is 95.6 Å². The van der Waals surface area contributed by atoms with Crippen molar-refractivity contribution in [3.63, 3.8) is 0 Å². The van der Waals surface area contributed by atoms with E-state index in [2.05, 4.69) is 4.74 Å². The second-order valence-electron chi connectivity index (χ2n) is 2.96. The normalized spacial score (nSPS) is 9.71. The average molecular weight is 239 g/mol. The van der Waals surface area contributed by atoms with Crippen molar-refractivity contribution in [2.24, 2.45) is 0 Å². The van der Waals surface area contributed by atoms with E-state index in [-0.39, 0.29) is 5.75 Å². The minimum absolute atomic E-state index is 0.180. The van der Waals surface area contributed by atoms with Crippen LogP contribution in [0.15, 0.2) is 30.3 Å². The lowest BCUT2D eigenvalue weighted by Gasteiger charge is -2.10. The fourth-order valence-corrected chi connectivity index (χ4v) is 0.972. The van der Waals surface area contributed by atoms with E-state index in [0.717, 1.165) is 0 Å². The van der Waals surface area contributed by atoms with Gasteiger partial charge >= 0.3 is 18.0 Å². The molecular formula is C10H9NO6. The zero-order valence-electron chi connectivity index (χ0n) is 8.49. The van der Waals surface area contributed by atoms with E-state index in [9.17, 15) is 14.4 Å². The van der Waals surface area contributed by atoms with E-state index in [0.29, 0.717) is 0 Å². The molecule has 0 unspecified atom stereocenters. The maximum absolute atomic E-state index is 11.2. The number of aliphatic carboxylic acids is 2. The highest BCUT2D eigenvalue weighted by Gasteiger charge is 2.28. The molecular weight excluding hydrogens is 230 g/mol. The maximum Gasteiger partial charge on any atom is 0.413 e. The molecule has 1 aromatic rings. The Balaban J connectivity index is 2.60. The van der Waals surface area contributed by atoms with Gasteiger partial charge in [-0.25, -0.2) is 14.4 Å². The van der Waals surface area contributed by atoms with Crippen molar-refractivity contribution in [3.05, 3.63) is 30.3 Å². The molecule has 0 atom stereocenters. The van der Waals surface area contributed by atoms with Crippen molar-refractivity contribution in [2.45, 2.75) is 6.04 Å². The third-order valence-corrected chi connectivity index (χ3v) is 1.71. The molecule has 0 saturated carbocycles. The van der Waals surface area contributed by atoms with Crippen LogP contribution in [0.4, 0.5) is 4.79 Å². The van der Waals surface area contributed by atoms with Gasteiger partial charge in [-0.1, -0.05) is 18.2 Å². The predicted molar refractivity (Wildman–Crippen MR) is 54.7 cm³/mol. The van der Waals surface area contributed by atoms with Crippen LogP contribution >= 0.6 is 0 Å². The molecule has 0 aromatic heterocycles. The summed E-state index contributed by atoms with van der Waals surface area (Å²) in [6, 6.07) is 5.81. The fourth-order valence-electron chi connectivity index (χ4n) is 0.972. The Morgan fingerprint density at radius 1 is 1.06 bits per heavy atom. The fraction of sp³-hybridized carbons (Fsp3) is 0.100. The summed E-state index contributed by atoms with van der Waals surface area (Å²) < 4.78 is 4.67. The van der Waals surface area contributed by atoms with Crippen LogP contribution in [0, 0.1) is 0 Å². The van der Waals surface area contributed by atoms with E-state index in [4.69, 9.17) is 10.2 Å². The van der Waals surface area contributed by atoms with Crippen molar-refractivity contribution < 1.29 is 29.3 Å². The average Bonchev–Trinajstić information content (AvgIpc) is 2.26. The van der Waals surface area contributed by atoms with Crippen LogP contribution in [0.5, 0.6) is 5.75 Å². The number of benzene rings is 1. The number of nitrogens with one attached hydrogen (secondary N) is 1. The Morgan fingerprint density at radius 3 is 2.06 bits per heavy atom. The standard InChI is InChI=1S/C10H9NO6/c12-8(13)7(9(14)15)11-10(16)17-6-4-2-1-3-5-6/h1-5,7H,(H,11,16)(H,12,13)(H,14,15). The smallest absolute Gasteiger partial charge is 0.413 e. The first-order valence-electron chi connectivity index (χ1n) is 4.49. The number of rotatable bonds is 4. The lowest BCUT2D eigenvalue weighted by Crippen LogP contribution is -2.47. The molecule has 0 fully saturated rings. The Hall–Kier alpha value is -2.57. The highest BCUT2D eigenvalue weighted by Crippen LogP contribution is 2.08. The summed E-state index contributed by atoms with van der Waals surface area (Å²) in [5.74, 6) is -3.18. The number of ether oxygens (including phenoxy) is 1. The minimum atomic E-state index is -2.04. The lowest BCUT2D eigenvalue weighted by molar-refractivity contribution is -0.150. The van der Waals surface area contributed by atoms with Crippen molar-refractivity contribution in [2.75, 3.05) is 0 Å². The molecule has 1 rings (SSSR count). The SMILES string of the molecule is O=C(NC(C(=O)O)C(=O)O)Oc1ccccc1. The van der Waals surface area contributed by atoms with Crippen LogP contribution in [0.2, 0.25) is 0 Å². The topological polar surface area (TPSA) is 113 Å². The van der Waals surface area contributed by atoms with Gasteiger partial charge in [0, 0.05) is 0 Å². The van der Waals surface area contributed by atoms with Gasteiger partial charge in [0.2, 0.25) is 6.04 Å². The van der Waals surface area contributed by atoms with Gasteiger partial charge in [0.25, 0.3) is 0 Å². The second kappa shape index (κ2) is 5.50. The number of carboxylic acid groups (broad SMARTS) is 2. The number of amides is 1. The van der Waals surface area contributed by atoms with E-state index in [1.54, 1.807) is 23.5 Å². The van der Waals surface area contributed by atoms with Crippen LogP contribution in [-0.2, 0) is 9.59 Å². The summed E-state index contributed by atoms with van der Waals surface area (Å²) in [5.41, 5.74) is 0. The molecule has 0 aliphatic rings. The number of hydrogen-bond acceptors (Lipinski definition) is 4. The first-order chi connectivity index (χ1) is 8.00. The predicted octanol–water partition coefficient (Wildman–Crippen LogP) is 0.313. The van der Waals surface area contributed by atoms with Crippen LogP contribution in [0.1, 0.15) is 0 Å². The van der Waals surface area contributed by atoms with Gasteiger partial charge in [0.05, 0.1) is 0 Å². The van der Waals surface area contributed by atoms with E-state index >= 15 is 0 Å². The number of carboxylic acids is 2. The molecule has 0 radical (unpaired) electrons. The molecule has 0 spiro atoms. The monoisotopic (exact) mass is 239 g/mol. The molecule has 17 heavy (non-hydrogen) atoms. The summed E-state index contributed by atoms with van der Waals surface area (Å²) in [5, 5.41) is 18.7. The van der Waals surface area contributed by atoms with Gasteiger partial charge in [0.1, 0.15) is 5.75 Å². The summed E-state index contributed by atoms with van der Waals surface area (Å²) in [6.45, 7) is 0. The summed E-state index contributed by atoms with van der Waals surface area (Å²) in [6.07, 6.45) is -1.15. The van der Waals surface area contributed by atoms with Crippen molar-refractivity contribution in [3.8, 4) is 5.75 Å². The molecule has 7 nitrogen and oxygen atoms in total. The molecule has 0 aliphatic heterocycles. The third-order valence-electron chi connectivity index (χ3n) is 1.71. The Morgan fingerprint density at radius 2 is 1.59 bits per heavy atom. The van der Waals surface area contributed by atoms with E-state index in [1.807, 2.05) is 0 Å². The molecule has 0 aliphatic carbocycles. The molecule has 0 saturated heterocycles. The number of carbonyl (C=O) groups is 3. The Bertz CT molecular complexity index is 416. The van der Waals surface area contributed by atoms with Gasteiger partial charge in [-0.05, 0) is 12.1 Å². The second-order valence-corrected chi connectivity index (χ2v) is 2.96. The molecule has 1 aromatic carbocycles. The van der Waals surface area contributed by atoms with E-state index < -0.39 is 24.1 Å². The van der Waals surface area contributed by atoms with Crippen LogP contribution < -0.4 is 10.1 Å². The zero-order chi connectivity index (χ0) is 12.8. The lowest BCUT2D eigenvalue weighted by atomic mass is 10.3. The van der Waals surface area contributed by atoms with Gasteiger partial charge in [0.15, 0.2) is 0 Å². The summed E-state index contributed by atoms with van der Waals surface area (Å²) in [7, 11) is 0. The molecule has 3 N–H and O–H groups in total. The molecule has 0 bridgehead atoms. The van der Waals surface area contributed by atoms with Crippen LogP contribution in [0.25, 0.3) is 0 Å². The largest absolute Gasteiger partial charge is 0.479 e. The highest BCUT2D eigenvalue weighted by atomic mass is 16.6. The van der Waals surface area contributed by atoms with Crippen molar-refractivity contribution in [1.82, 2.24) is 5.32 Å². The highest BCUT2D eigenvalue weighted by molar-refractivity contribution is 6.00. The summed E-state index contributed by atoms with van der Waals surface area (Å²) >= 11 is 0. The third kappa shape index (κ3) is 3.82. The van der Waals surface area contributed by atoms with Gasteiger partial charge in [-0.2, -0.15) is 0 Å². The molecule has 0 heterocycles. The van der Waals surface area contributed by atoms with Gasteiger partial charge in [-0.3, -0.25) is 5.32 Å². The summed E-state index contributed by atoms with van der Waals surface area (Å²) in [4.78, 5) is 32.1. The molecule has 7 heteroatoms. The number of hydrogen-bond donors (Lipinski definition) is 3. The quantitative estimate of drug-likeness (QED) is 0.652. The van der Waals surface area contributed by atoms with Gasteiger partial charge < -0.3 is 14.9 Å². The van der Waals surface area contributed by atoms with E-state index in [1.165, 1.54) is 12.1 Å². The number of carbonyl (C=O) groups excluding carboxylic acids is 1. The maximum atomic E-state index is 11.2. The molecule has 1 amide bonds. The van der Waals surface area contributed by atoms with Crippen molar-refractivity contribution >= 4 is 18.0 Å². The van der Waals surface area contributed by atoms with Crippen LogP contribution in [0.3, 0.4) is 0 Å². The van der Waals surface area contributed by atoms with Gasteiger partial charge in [-0.15, -0.1) is 0 Å². The zero-order valence-corrected chi connectivity index (χ0v) is 8.49. The minimum Gasteiger partial charge on any atom is -0.479 e. The van der Waals surface area contributed by atoms with Crippen LogP contribution in [-0.4, -0.2) is 34.3 Å².